The first-order chi connectivity index (χ1) is 6.88. The Labute approximate surface area is 89.1 Å². The van der Waals surface area contributed by atoms with Crippen LogP contribution in [-0.4, -0.2) is 6.18 Å². The van der Waals surface area contributed by atoms with Crippen LogP contribution in [0.25, 0.3) is 0 Å². The van der Waals surface area contributed by atoms with E-state index in [1.165, 1.54) is 6.07 Å². The molecular weight excluding hydrogens is 201 g/mol. The van der Waals surface area contributed by atoms with Gasteiger partial charge in [-0.25, -0.2) is 0 Å². The van der Waals surface area contributed by atoms with Crippen molar-refractivity contribution >= 4 is 0 Å². The average molecular weight is 218 g/mol. The molecular formula is C12H17F3. The van der Waals surface area contributed by atoms with E-state index in [4.69, 9.17) is 0 Å². The fourth-order valence-electron chi connectivity index (χ4n) is 1.26. The lowest BCUT2D eigenvalue weighted by Gasteiger charge is -2.09. The average Bonchev–Trinajstić information content (AvgIpc) is 2.12. The fourth-order valence-corrected chi connectivity index (χ4v) is 1.26. The van der Waals surface area contributed by atoms with Gasteiger partial charge in [-0.05, 0) is 25.0 Å². The molecule has 0 aromatic heterocycles. The Morgan fingerprint density at radius 1 is 1.07 bits per heavy atom. The third-order valence-corrected chi connectivity index (χ3v) is 1.89. The van der Waals surface area contributed by atoms with Gasteiger partial charge in [-0.3, -0.25) is 0 Å². The molecule has 3 heteroatoms. The molecule has 0 nitrogen and oxygen atoms in total. The summed E-state index contributed by atoms with van der Waals surface area (Å²) >= 11 is 0. The van der Waals surface area contributed by atoms with E-state index in [1.54, 1.807) is 19.1 Å². The minimum absolute atomic E-state index is 0.359. The van der Waals surface area contributed by atoms with Crippen molar-refractivity contribution in [2.24, 2.45) is 0 Å². The van der Waals surface area contributed by atoms with Crippen LogP contribution in [0.4, 0.5) is 13.2 Å². The summed E-state index contributed by atoms with van der Waals surface area (Å²) in [6, 6.07) is 5.01. The van der Waals surface area contributed by atoms with E-state index in [9.17, 15) is 13.2 Å². The molecule has 1 aromatic rings. The van der Waals surface area contributed by atoms with Crippen molar-refractivity contribution < 1.29 is 13.2 Å². The Hall–Kier alpha value is -0.990. The standard InChI is InChI=1S/C10H11F3.C2H6/c1-7-3-4-9(8(2)5-7)6-10(11,12)13;1-2/h3-5H,6H2,1-2H3;1-2H3. The Morgan fingerprint density at radius 3 is 2.00 bits per heavy atom. The van der Waals surface area contributed by atoms with Crippen molar-refractivity contribution in [1.82, 2.24) is 0 Å². The molecule has 0 unspecified atom stereocenters. The number of halogens is 3. The Balaban J connectivity index is 0.000000921. The lowest BCUT2D eigenvalue weighted by Crippen LogP contribution is -2.12. The van der Waals surface area contributed by atoms with Crippen LogP contribution in [0.5, 0.6) is 0 Å². The van der Waals surface area contributed by atoms with Gasteiger partial charge in [-0.2, -0.15) is 13.2 Å². The van der Waals surface area contributed by atoms with Crippen LogP contribution in [0.15, 0.2) is 18.2 Å². The number of rotatable bonds is 1. The van der Waals surface area contributed by atoms with Gasteiger partial charge in [-0.15, -0.1) is 0 Å². The van der Waals surface area contributed by atoms with E-state index in [0.717, 1.165) is 5.56 Å². The highest BCUT2D eigenvalue weighted by molar-refractivity contribution is 5.30. The van der Waals surface area contributed by atoms with Crippen LogP contribution in [0.2, 0.25) is 0 Å². The maximum Gasteiger partial charge on any atom is 0.393 e. The van der Waals surface area contributed by atoms with Gasteiger partial charge in [0.15, 0.2) is 0 Å². The van der Waals surface area contributed by atoms with Gasteiger partial charge >= 0.3 is 6.18 Å². The molecule has 0 bridgehead atoms. The van der Waals surface area contributed by atoms with Crippen LogP contribution in [0, 0.1) is 13.8 Å². The van der Waals surface area contributed by atoms with Gasteiger partial charge in [-0.1, -0.05) is 37.6 Å². The zero-order valence-electron chi connectivity index (χ0n) is 9.57. The highest BCUT2D eigenvalue weighted by Crippen LogP contribution is 2.23. The SMILES string of the molecule is CC.Cc1ccc(CC(F)(F)F)c(C)c1. The smallest absolute Gasteiger partial charge is 0.171 e. The molecule has 0 radical (unpaired) electrons. The molecule has 1 rings (SSSR count). The predicted molar refractivity (Wildman–Crippen MR) is 57.0 cm³/mol. The Morgan fingerprint density at radius 2 is 1.60 bits per heavy atom. The molecule has 86 valence electrons. The van der Waals surface area contributed by atoms with Crippen LogP contribution in [0.3, 0.4) is 0 Å². The molecule has 0 aliphatic heterocycles. The first kappa shape index (κ1) is 14.0. The largest absolute Gasteiger partial charge is 0.393 e. The summed E-state index contributed by atoms with van der Waals surface area (Å²) in [7, 11) is 0. The molecule has 0 N–H and O–H groups in total. The zero-order chi connectivity index (χ0) is 12.1. The highest BCUT2D eigenvalue weighted by Gasteiger charge is 2.28. The van der Waals surface area contributed by atoms with Gasteiger partial charge in [0.05, 0.1) is 6.42 Å². The molecule has 0 aliphatic rings. The summed E-state index contributed by atoms with van der Waals surface area (Å²) in [5, 5.41) is 0. The van der Waals surface area contributed by atoms with E-state index in [2.05, 4.69) is 0 Å². The highest BCUT2D eigenvalue weighted by atomic mass is 19.4. The number of alkyl halides is 3. The summed E-state index contributed by atoms with van der Waals surface area (Å²) in [6.07, 6.45) is -4.95. The van der Waals surface area contributed by atoms with Crippen molar-refractivity contribution in [3.63, 3.8) is 0 Å². The summed E-state index contributed by atoms with van der Waals surface area (Å²) < 4.78 is 36.1. The van der Waals surface area contributed by atoms with E-state index in [-0.39, 0.29) is 0 Å². The van der Waals surface area contributed by atoms with Gasteiger partial charge < -0.3 is 0 Å². The number of hydrogen-bond acceptors (Lipinski definition) is 0. The Kier molecular flexibility index (Phi) is 5.40. The van der Waals surface area contributed by atoms with Crippen molar-refractivity contribution in [2.45, 2.75) is 40.3 Å². The van der Waals surface area contributed by atoms with Crippen LogP contribution >= 0.6 is 0 Å². The minimum atomic E-state index is -4.11. The second-order valence-electron chi connectivity index (χ2n) is 3.22. The summed E-state index contributed by atoms with van der Waals surface area (Å²) in [5.74, 6) is 0. The number of hydrogen-bond donors (Lipinski definition) is 0. The van der Waals surface area contributed by atoms with Gasteiger partial charge in [0.25, 0.3) is 0 Å². The molecule has 0 saturated heterocycles. The molecule has 0 amide bonds. The van der Waals surface area contributed by atoms with E-state index in [1.807, 2.05) is 20.8 Å². The third-order valence-electron chi connectivity index (χ3n) is 1.89. The van der Waals surface area contributed by atoms with Crippen molar-refractivity contribution in [3.8, 4) is 0 Å². The number of aryl methyl sites for hydroxylation is 2. The molecule has 0 fully saturated rings. The molecule has 0 heterocycles. The van der Waals surface area contributed by atoms with Crippen molar-refractivity contribution in [1.29, 1.82) is 0 Å². The first-order valence-electron chi connectivity index (χ1n) is 5.01. The van der Waals surface area contributed by atoms with Gasteiger partial charge in [0.2, 0.25) is 0 Å². The van der Waals surface area contributed by atoms with E-state index < -0.39 is 12.6 Å². The van der Waals surface area contributed by atoms with Crippen molar-refractivity contribution in [3.05, 3.63) is 34.9 Å². The van der Waals surface area contributed by atoms with Crippen LogP contribution in [-0.2, 0) is 6.42 Å². The summed E-state index contributed by atoms with van der Waals surface area (Å²) in [5.41, 5.74) is 2.05. The predicted octanol–water partition coefficient (Wildman–Crippen LogP) is 4.43. The van der Waals surface area contributed by atoms with Gasteiger partial charge in [0, 0.05) is 0 Å². The van der Waals surface area contributed by atoms with Crippen molar-refractivity contribution in [2.75, 3.05) is 0 Å². The molecule has 15 heavy (non-hydrogen) atoms. The Bertz CT molecular complexity index is 300. The molecule has 0 spiro atoms. The third kappa shape index (κ3) is 5.45. The maximum atomic E-state index is 12.0. The fraction of sp³-hybridized carbons (Fsp3) is 0.500. The topological polar surface area (TPSA) is 0 Å². The maximum absolute atomic E-state index is 12.0. The first-order valence-corrected chi connectivity index (χ1v) is 5.01. The normalized spacial score (nSPS) is 10.6. The van der Waals surface area contributed by atoms with E-state index in [0.29, 0.717) is 11.1 Å². The lowest BCUT2D eigenvalue weighted by molar-refractivity contribution is -0.127. The quantitative estimate of drug-likeness (QED) is 0.654. The zero-order valence-corrected chi connectivity index (χ0v) is 9.57. The molecule has 0 saturated carbocycles. The second-order valence-corrected chi connectivity index (χ2v) is 3.22. The van der Waals surface area contributed by atoms with Crippen LogP contribution in [0.1, 0.15) is 30.5 Å². The number of benzene rings is 1. The minimum Gasteiger partial charge on any atom is -0.171 e. The lowest BCUT2D eigenvalue weighted by atomic mass is 10.0. The molecule has 0 aliphatic carbocycles. The molecule has 1 aromatic carbocycles. The van der Waals surface area contributed by atoms with Gasteiger partial charge in [0.1, 0.15) is 0 Å². The van der Waals surface area contributed by atoms with Crippen LogP contribution < -0.4 is 0 Å². The summed E-state index contributed by atoms with van der Waals surface area (Å²) in [6.45, 7) is 7.57. The summed E-state index contributed by atoms with van der Waals surface area (Å²) in [4.78, 5) is 0. The monoisotopic (exact) mass is 218 g/mol. The molecule has 0 atom stereocenters. The second kappa shape index (κ2) is 5.79. The van der Waals surface area contributed by atoms with E-state index >= 15 is 0 Å².